The van der Waals surface area contributed by atoms with Gasteiger partial charge in [-0.05, 0) is 43.2 Å². The smallest absolute Gasteiger partial charge is 0.294 e. The average molecular weight is 383 g/mol. The van der Waals surface area contributed by atoms with Crippen molar-refractivity contribution in [3.8, 4) is 0 Å². The zero-order chi connectivity index (χ0) is 19.0. The lowest BCUT2D eigenvalue weighted by Crippen LogP contribution is -2.44. The predicted octanol–water partition coefficient (Wildman–Crippen LogP) is 3.23. The third-order valence-electron chi connectivity index (χ3n) is 5.09. The number of carbonyl (C=O) groups excluding carboxylic acids is 3. The molecule has 2 aromatic rings. The number of thioether (sulfide) groups is 1. The fourth-order valence-electron chi connectivity index (χ4n) is 3.64. The normalized spacial score (nSPS) is 19.5. The van der Waals surface area contributed by atoms with Crippen molar-refractivity contribution in [2.24, 2.45) is 7.05 Å². The first kappa shape index (κ1) is 17.9. The van der Waals surface area contributed by atoms with Crippen molar-refractivity contribution in [1.29, 1.82) is 0 Å². The van der Waals surface area contributed by atoms with Crippen LogP contribution in [0.4, 0.5) is 4.79 Å². The van der Waals surface area contributed by atoms with Crippen molar-refractivity contribution in [2.75, 3.05) is 19.6 Å². The van der Waals surface area contributed by atoms with E-state index in [2.05, 4.69) is 0 Å². The van der Waals surface area contributed by atoms with Gasteiger partial charge in [0.15, 0.2) is 0 Å². The van der Waals surface area contributed by atoms with E-state index in [-0.39, 0.29) is 23.6 Å². The number of para-hydroxylation sites is 1. The Labute approximate surface area is 161 Å². The molecule has 4 rings (SSSR count). The molecule has 0 N–H and O–H groups in total. The van der Waals surface area contributed by atoms with E-state index >= 15 is 0 Å². The maximum Gasteiger partial charge on any atom is 0.294 e. The van der Waals surface area contributed by atoms with Crippen LogP contribution in [0.25, 0.3) is 17.0 Å². The van der Waals surface area contributed by atoms with Crippen molar-refractivity contribution < 1.29 is 14.4 Å². The number of aromatic nitrogens is 1. The molecule has 140 valence electrons. The fourth-order valence-corrected chi connectivity index (χ4v) is 4.47. The summed E-state index contributed by atoms with van der Waals surface area (Å²) >= 11 is 0.902. The zero-order valence-corrected chi connectivity index (χ0v) is 16.0. The number of amides is 3. The number of benzene rings is 1. The summed E-state index contributed by atoms with van der Waals surface area (Å²) < 4.78 is 1.99. The summed E-state index contributed by atoms with van der Waals surface area (Å²) in [6.07, 6.45) is 6.78. The molecule has 1 aromatic heterocycles. The van der Waals surface area contributed by atoms with Crippen LogP contribution in [0.2, 0.25) is 0 Å². The number of hydrogen-bond acceptors (Lipinski definition) is 4. The molecule has 3 amide bonds. The van der Waals surface area contributed by atoms with Crippen LogP contribution >= 0.6 is 11.8 Å². The SMILES string of the molecule is Cn1cc(/C=C2/SC(=O)N(CC(=O)N3CCCCC3)C2=O)c2ccccc21. The third-order valence-corrected chi connectivity index (χ3v) is 6.00. The maximum atomic E-state index is 12.7. The molecule has 0 aliphatic carbocycles. The minimum atomic E-state index is -0.386. The summed E-state index contributed by atoms with van der Waals surface area (Å²) in [5.41, 5.74) is 1.95. The number of hydrogen-bond donors (Lipinski definition) is 0. The van der Waals surface area contributed by atoms with E-state index < -0.39 is 0 Å². The Morgan fingerprint density at radius 2 is 1.89 bits per heavy atom. The number of piperidine rings is 1. The van der Waals surface area contributed by atoms with Crippen LogP contribution in [0.15, 0.2) is 35.4 Å². The van der Waals surface area contributed by atoms with Crippen LogP contribution in [-0.4, -0.2) is 51.1 Å². The van der Waals surface area contributed by atoms with Crippen molar-refractivity contribution in [1.82, 2.24) is 14.4 Å². The van der Waals surface area contributed by atoms with Crippen molar-refractivity contribution in [3.05, 3.63) is 40.9 Å². The van der Waals surface area contributed by atoms with Gasteiger partial charge in [0, 0.05) is 42.8 Å². The Morgan fingerprint density at radius 1 is 1.15 bits per heavy atom. The highest BCUT2D eigenvalue weighted by atomic mass is 32.2. The first-order valence-electron chi connectivity index (χ1n) is 9.12. The predicted molar refractivity (Wildman–Crippen MR) is 106 cm³/mol. The lowest BCUT2D eigenvalue weighted by Gasteiger charge is -2.27. The molecule has 2 saturated heterocycles. The van der Waals surface area contributed by atoms with Gasteiger partial charge in [-0.2, -0.15) is 0 Å². The molecule has 0 radical (unpaired) electrons. The second kappa shape index (κ2) is 7.23. The number of fused-ring (bicyclic) bond motifs is 1. The number of imide groups is 1. The van der Waals surface area contributed by atoms with Gasteiger partial charge in [-0.3, -0.25) is 19.3 Å². The molecule has 2 aliphatic rings. The van der Waals surface area contributed by atoms with E-state index in [1.54, 1.807) is 11.0 Å². The molecule has 0 unspecified atom stereocenters. The van der Waals surface area contributed by atoms with Crippen molar-refractivity contribution in [2.45, 2.75) is 19.3 Å². The summed E-state index contributed by atoms with van der Waals surface area (Å²) in [6.45, 7) is 1.25. The van der Waals surface area contributed by atoms with E-state index in [0.717, 1.165) is 52.4 Å². The number of nitrogens with zero attached hydrogens (tertiary/aromatic N) is 3. The minimum Gasteiger partial charge on any atom is -0.350 e. The maximum absolute atomic E-state index is 12.7. The van der Waals surface area contributed by atoms with Gasteiger partial charge in [0.2, 0.25) is 5.91 Å². The van der Waals surface area contributed by atoms with Gasteiger partial charge in [-0.1, -0.05) is 18.2 Å². The van der Waals surface area contributed by atoms with Gasteiger partial charge < -0.3 is 9.47 Å². The van der Waals surface area contributed by atoms with Crippen molar-refractivity contribution >= 4 is 45.8 Å². The molecule has 2 aliphatic heterocycles. The highest BCUT2D eigenvalue weighted by Gasteiger charge is 2.37. The number of likely N-dealkylation sites (tertiary alicyclic amines) is 1. The Hall–Kier alpha value is -2.54. The molecule has 6 nitrogen and oxygen atoms in total. The minimum absolute atomic E-state index is 0.150. The monoisotopic (exact) mass is 383 g/mol. The van der Waals surface area contributed by atoms with Gasteiger partial charge in [0.1, 0.15) is 6.54 Å². The molecule has 3 heterocycles. The molecule has 0 bridgehead atoms. The Morgan fingerprint density at radius 3 is 2.67 bits per heavy atom. The quantitative estimate of drug-likeness (QED) is 0.764. The number of carbonyl (C=O) groups is 3. The topological polar surface area (TPSA) is 62.6 Å². The second-order valence-corrected chi connectivity index (χ2v) is 7.91. The summed E-state index contributed by atoms with van der Waals surface area (Å²) in [7, 11) is 1.95. The van der Waals surface area contributed by atoms with Crippen molar-refractivity contribution in [3.63, 3.8) is 0 Å². The molecule has 0 spiro atoms. The Balaban J connectivity index is 1.55. The Kier molecular flexibility index (Phi) is 4.78. The van der Waals surface area contributed by atoms with Crippen LogP contribution in [0.3, 0.4) is 0 Å². The van der Waals surface area contributed by atoms with Gasteiger partial charge in [-0.25, -0.2) is 0 Å². The van der Waals surface area contributed by atoms with Gasteiger partial charge in [-0.15, -0.1) is 0 Å². The highest BCUT2D eigenvalue weighted by Crippen LogP contribution is 2.34. The first-order chi connectivity index (χ1) is 13.0. The van der Waals surface area contributed by atoms with Crippen LogP contribution in [-0.2, 0) is 16.6 Å². The first-order valence-corrected chi connectivity index (χ1v) is 9.93. The zero-order valence-electron chi connectivity index (χ0n) is 15.2. The lowest BCUT2D eigenvalue weighted by atomic mass is 10.1. The largest absolute Gasteiger partial charge is 0.350 e. The molecule has 0 atom stereocenters. The molecular weight excluding hydrogens is 362 g/mol. The summed E-state index contributed by atoms with van der Waals surface area (Å²) in [6, 6.07) is 7.91. The molecule has 2 fully saturated rings. The summed E-state index contributed by atoms with van der Waals surface area (Å²) in [4.78, 5) is 40.7. The van der Waals surface area contributed by atoms with E-state index in [4.69, 9.17) is 0 Å². The second-order valence-electron chi connectivity index (χ2n) is 6.92. The summed E-state index contributed by atoms with van der Waals surface area (Å²) in [5, 5.41) is 0.646. The van der Waals surface area contributed by atoms with Gasteiger partial charge in [0.05, 0.1) is 4.91 Å². The lowest BCUT2D eigenvalue weighted by molar-refractivity contribution is -0.136. The van der Waals surface area contributed by atoms with E-state index in [1.165, 1.54) is 0 Å². The molecular formula is C20H21N3O3S. The number of aryl methyl sites for hydroxylation is 1. The summed E-state index contributed by atoms with van der Waals surface area (Å²) in [5.74, 6) is -0.535. The molecule has 27 heavy (non-hydrogen) atoms. The van der Waals surface area contributed by atoms with Crippen LogP contribution in [0, 0.1) is 0 Å². The molecule has 1 aromatic carbocycles. The fraction of sp³-hybridized carbons (Fsp3) is 0.350. The average Bonchev–Trinajstić information content (AvgIpc) is 3.14. The van der Waals surface area contributed by atoms with Crippen LogP contribution in [0.5, 0.6) is 0 Å². The molecule has 7 heteroatoms. The molecule has 0 saturated carbocycles. The third kappa shape index (κ3) is 3.39. The van der Waals surface area contributed by atoms with Gasteiger partial charge in [0.25, 0.3) is 11.1 Å². The Bertz CT molecular complexity index is 957. The van der Waals surface area contributed by atoms with Crippen LogP contribution < -0.4 is 0 Å². The number of rotatable bonds is 3. The van der Waals surface area contributed by atoms with E-state index in [1.807, 2.05) is 42.1 Å². The van der Waals surface area contributed by atoms with Crippen LogP contribution in [0.1, 0.15) is 24.8 Å². The van der Waals surface area contributed by atoms with E-state index in [0.29, 0.717) is 18.0 Å². The highest BCUT2D eigenvalue weighted by molar-refractivity contribution is 8.18. The van der Waals surface area contributed by atoms with Gasteiger partial charge >= 0.3 is 0 Å². The standard InChI is InChI=1S/C20H21N3O3S/c1-21-12-14(15-7-3-4-8-16(15)21)11-17-19(25)23(20(26)27-17)13-18(24)22-9-5-2-6-10-22/h3-4,7-8,11-12H,2,5-6,9-10,13H2,1H3/b17-11+. The van der Waals surface area contributed by atoms with E-state index in [9.17, 15) is 14.4 Å².